The van der Waals surface area contributed by atoms with Crippen LogP contribution < -0.4 is 15.4 Å². The first kappa shape index (κ1) is 14.4. The number of fused-ring (bicyclic) bond motifs is 1. The van der Waals surface area contributed by atoms with Crippen LogP contribution in [0.2, 0.25) is 0 Å². The highest BCUT2D eigenvalue weighted by Crippen LogP contribution is 2.28. The first-order chi connectivity index (χ1) is 10.6. The normalized spacial score (nSPS) is 18.5. The maximum Gasteiger partial charge on any atom is 0.310 e. The molecule has 1 aliphatic rings. The predicted molar refractivity (Wildman–Crippen MR) is 80.9 cm³/mol. The number of piperidine rings is 1. The van der Waals surface area contributed by atoms with E-state index in [9.17, 15) is 4.79 Å². The number of methoxy groups -OCH3 is 2. The summed E-state index contributed by atoms with van der Waals surface area (Å²) in [7, 11) is 3.00. The lowest BCUT2D eigenvalue weighted by molar-refractivity contribution is -0.145. The molecular formula is C14H19N5O3. The molecule has 8 heteroatoms. The van der Waals surface area contributed by atoms with Gasteiger partial charge < -0.3 is 20.1 Å². The summed E-state index contributed by atoms with van der Waals surface area (Å²) in [5, 5.41) is 4.23. The number of esters is 1. The zero-order valence-electron chi connectivity index (χ0n) is 12.7. The van der Waals surface area contributed by atoms with Crippen LogP contribution in [0.3, 0.4) is 0 Å². The van der Waals surface area contributed by atoms with Gasteiger partial charge in [0, 0.05) is 13.1 Å². The summed E-state index contributed by atoms with van der Waals surface area (Å²) in [4.78, 5) is 18.1. The highest BCUT2D eigenvalue weighted by molar-refractivity contribution is 5.73. The molecule has 2 N–H and O–H groups in total. The van der Waals surface area contributed by atoms with E-state index in [-0.39, 0.29) is 17.8 Å². The second-order valence-corrected chi connectivity index (χ2v) is 5.27. The lowest BCUT2D eigenvalue weighted by atomic mass is 9.98. The SMILES string of the molecule is COC(=O)C1CCCN(c2ccc(OC)c3nc(N)nn23)C1. The van der Waals surface area contributed by atoms with Crippen molar-refractivity contribution in [3.63, 3.8) is 0 Å². The number of ether oxygens (including phenoxy) is 2. The summed E-state index contributed by atoms with van der Waals surface area (Å²) >= 11 is 0. The smallest absolute Gasteiger partial charge is 0.310 e. The second-order valence-electron chi connectivity index (χ2n) is 5.27. The van der Waals surface area contributed by atoms with Crippen LogP contribution in [0.25, 0.3) is 5.65 Å². The molecule has 3 rings (SSSR count). The highest BCUT2D eigenvalue weighted by atomic mass is 16.5. The van der Waals surface area contributed by atoms with Crippen LogP contribution in [-0.2, 0) is 9.53 Å². The van der Waals surface area contributed by atoms with Crippen molar-refractivity contribution in [3.8, 4) is 5.75 Å². The minimum absolute atomic E-state index is 0.128. The van der Waals surface area contributed by atoms with Gasteiger partial charge in [0.25, 0.3) is 0 Å². The van der Waals surface area contributed by atoms with Gasteiger partial charge in [-0.1, -0.05) is 0 Å². The zero-order valence-corrected chi connectivity index (χ0v) is 12.7. The van der Waals surface area contributed by atoms with E-state index in [1.165, 1.54) is 7.11 Å². The molecule has 1 unspecified atom stereocenters. The van der Waals surface area contributed by atoms with Gasteiger partial charge in [0.2, 0.25) is 11.6 Å². The molecule has 3 heterocycles. The van der Waals surface area contributed by atoms with E-state index < -0.39 is 0 Å². The Bertz CT molecular complexity index is 699. The van der Waals surface area contributed by atoms with Crippen molar-refractivity contribution in [2.24, 2.45) is 5.92 Å². The van der Waals surface area contributed by atoms with E-state index in [4.69, 9.17) is 15.2 Å². The molecular weight excluding hydrogens is 286 g/mol. The minimum atomic E-state index is -0.174. The number of carbonyl (C=O) groups excluding carboxylic acids is 1. The van der Waals surface area contributed by atoms with Crippen molar-refractivity contribution in [2.75, 3.05) is 37.9 Å². The number of hydrogen-bond acceptors (Lipinski definition) is 7. The van der Waals surface area contributed by atoms with E-state index in [0.29, 0.717) is 17.9 Å². The topological polar surface area (TPSA) is 95.0 Å². The average Bonchev–Trinajstić information content (AvgIpc) is 2.94. The molecule has 0 saturated carbocycles. The van der Waals surface area contributed by atoms with Gasteiger partial charge in [-0.25, -0.2) is 0 Å². The average molecular weight is 305 g/mol. The summed E-state index contributed by atoms with van der Waals surface area (Å²) in [5.74, 6) is 1.33. The Morgan fingerprint density at radius 2 is 2.23 bits per heavy atom. The van der Waals surface area contributed by atoms with Crippen LogP contribution in [0, 0.1) is 5.92 Å². The Morgan fingerprint density at radius 3 is 2.95 bits per heavy atom. The molecule has 1 aliphatic heterocycles. The van der Waals surface area contributed by atoms with Crippen LogP contribution in [0.4, 0.5) is 11.8 Å². The van der Waals surface area contributed by atoms with Crippen LogP contribution in [0.15, 0.2) is 12.1 Å². The third-order valence-electron chi connectivity index (χ3n) is 3.94. The van der Waals surface area contributed by atoms with E-state index in [0.717, 1.165) is 25.2 Å². The number of nitrogen functional groups attached to an aromatic ring is 1. The van der Waals surface area contributed by atoms with Gasteiger partial charge in [0.15, 0.2) is 5.75 Å². The summed E-state index contributed by atoms with van der Waals surface area (Å²) in [5.41, 5.74) is 6.29. The summed E-state index contributed by atoms with van der Waals surface area (Å²) < 4.78 is 11.8. The molecule has 1 fully saturated rings. The second kappa shape index (κ2) is 5.70. The molecule has 2 aromatic rings. The molecule has 1 atom stereocenters. The van der Waals surface area contributed by atoms with Crippen molar-refractivity contribution >= 4 is 23.4 Å². The largest absolute Gasteiger partial charge is 0.493 e. The van der Waals surface area contributed by atoms with E-state index in [1.54, 1.807) is 11.6 Å². The Balaban J connectivity index is 1.97. The molecule has 0 spiro atoms. The molecule has 0 amide bonds. The van der Waals surface area contributed by atoms with Crippen LogP contribution in [-0.4, -0.2) is 47.9 Å². The van der Waals surface area contributed by atoms with Gasteiger partial charge in [0.1, 0.15) is 5.82 Å². The Hall–Kier alpha value is -2.51. The number of hydrogen-bond donors (Lipinski definition) is 1. The van der Waals surface area contributed by atoms with E-state index >= 15 is 0 Å². The van der Waals surface area contributed by atoms with Crippen molar-refractivity contribution in [1.29, 1.82) is 0 Å². The maximum absolute atomic E-state index is 11.8. The molecule has 0 aromatic carbocycles. The fourth-order valence-electron chi connectivity index (χ4n) is 2.89. The predicted octanol–water partition coefficient (Wildman–Crippen LogP) is 0.709. The lowest BCUT2D eigenvalue weighted by Gasteiger charge is -2.32. The van der Waals surface area contributed by atoms with Gasteiger partial charge in [0.05, 0.1) is 20.1 Å². The number of aromatic nitrogens is 3. The third-order valence-corrected chi connectivity index (χ3v) is 3.94. The molecule has 22 heavy (non-hydrogen) atoms. The number of pyridine rings is 1. The van der Waals surface area contributed by atoms with Gasteiger partial charge in [-0.15, -0.1) is 5.10 Å². The molecule has 8 nitrogen and oxygen atoms in total. The molecule has 118 valence electrons. The van der Waals surface area contributed by atoms with Crippen molar-refractivity contribution in [2.45, 2.75) is 12.8 Å². The first-order valence-corrected chi connectivity index (χ1v) is 7.16. The van der Waals surface area contributed by atoms with Crippen molar-refractivity contribution in [3.05, 3.63) is 12.1 Å². The fourth-order valence-corrected chi connectivity index (χ4v) is 2.89. The summed E-state index contributed by atoms with van der Waals surface area (Å²) in [6, 6.07) is 3.74. The minimum Gasteiger partial charge on any atom is -0.493 e. The number of anilines is 2. The fraction of sp³-hybridized carbons (Fsp3) is 0.500. The maximum atomic E-state index is 11.8. The molecule has 2 aromatic heterocycles. The molecule has 1 saturated heterocycles. The molecule has 0 radical (unpaired) electrons. The number of rotatable bonds is 3. The third kappa shape index (κ3) is 2.40. The Morgan fingerprint density at radius 1 is 1.41 bits per heavy atom. The number of nitrogens with zero attached hydrogens (tertiary/aromatic N) is 4. The first-order valence-electron chi connectivity index (χ1n) is 7.16. The zero-order chi connectivity index (χ0) is 15.7. The van der Waals surface area contributed by atoms with Gasteiger partial charge >= 0.3 is 5.97 Å². The summed E-state index contributed by atoms with van der Waals surface area (Å²) in [6.45, 7) is 1.43. The Labute approximate surface area is 127 Å². The summed E-state index contributed by atoms with van der Waals surface area (Å²) in [6.07, 6.45) is 1.75. The van der Waals surface area contributed by atoms with Crippen LogP contribution >= 0.6 is 0 Å². The van der Waals surface area contributed by atoms with Gasteiger partial charge in [-0.3, -0.25) is 4.79 Å². The van der Waals surface area contributed by atoms with Gasteiger partial charge in [-0.2, -0.15) is 9.50 Å². The van der Waals surface area contributed by atoms with Gasteiger partial charge in [-0.05, 0) is 25.0 Å². The van der Waals surface area contributed by atoms with E-state index in [2.05, 4.69) is 15.0 Å². The highest BCUT2D eigenvalue weighted by Gasteiger charge is 2.28. The van der Waals surface area contributed by atoms with Crippen molar-refractivity contribution in [1.82, 2.24) is 14.6 Å². The number of nitrogens with two attached hydrogens (primary N) is 1. The number of carbonyl (C=O) groups is 1. The Kier molecular flexibility index (Phi) is 3.74. The van der Waals surface area contributed by atoms with Crippen LogP contribution in [0.1, 0.15) is 12.8 Å². The lowest BCUT2D eigenvalue weighted by Crippen LogP contribution is -2.40. The van der Waals surface area contributed by atoms with Crippen molar-refractivity contribution < 1.29 is 14.3 Å². The molecule has 0 bridgehead atoms. The standard InChI is InChI=1S/C14H19N5O3/c1-21-10-5-6-11(19-12(10)16-14(15)17-19)18-7-3-4-9(8-18)13(20)22-2/h5-6,9H,3-4,7-8H2,1-2H3,(H2,15,17). The monoisotopic (exact) mass is 305 g/mol. The van der Waals surface area contributed by atoms with E-state index in [1.807, 2.05) is 12.1 Å². The quantitative estimate of drug-likeness (QED) is 0.834. The molecule has 0 aliphatic carbocycles. The van der Waals surface area contributed by atoms with Crippen LogP contribution in [0.5, 0.6) is 5.75 Å².